The van der Waals surface area contributed by atoms with Crippen LogP contribution in [0, 0.1) is 5.82 Å². The zero-order valence-corrected chi connectivity index (χ0v) is 22.5. The van der Waals surface area contributed by atoms with Crippen molar-refractivity contribution in [1.82, 2.24) is 5.32 Å². The molecule has 5 rings (SSSR count). The van der Waals surface area contributed by atoms with Crippen LogP contribution in [0.3, 0.4) is 0 Å². The number of ether oxygens (including phenoxy) is 3. The van der Waals surface area contributed by atoms with Crippen molar-refractivity contribution >= 4 is 23.4 Å². The summed E-state index contributed by atoms with van der Waals surface area (Å²) in [5, 5.41) is 3.47. The van der Waals surface area contributed by atoms with Crippen LogP contribution in [0.1, 0.15) is 68.4 Å². The van der Waals surface area contributed by atoms with E-state index in [4.69, 9.17) is 25.8 Å². The number of Topliss-reactive ketones (excluding diaryl/α,β-unsaturated/α-hetero) is 1. The largest absolute Gasteiger partial charge is 0.493 e. The summed E-state index contributed by atoms with van der Waals surface area (Å²) in [7, 11) is 3.14. The first-order chi connectivity index (χ1) is 18.3. The number of hydrogen-bond donors (Lipinski definition) is 1. The first kappa shape index (κ1) is 26.3. The monoisotopic (exact) mass is 539 g/mol. The van der Waals surface area contributed by atoms with E-state index in [1.165, 1.54) is 12.1 Å². The number of rotatable bonds is 6. The standard InChI is InChI=1S/C30H31ClFNO5/c1-16-26(30(35)38-19-7-4-5-8-19)29(27-20(31)9-6-10-21(27)32)28-22(33-16)13-18(14-23(28)34)17-11-12-24(36-2)25(15-17)37-3/h6,9-12,15,18-19,29,33H,4-5,7-8,13-14H2,1-3H3. The van der Waals surface area contributed by atoms with Crippen LogP contribution in [0.4, 0.5) is 4.39 Å². The Labute approximate surface area is 226 Å². The Hall–Kier alpha value is -3.32. The van der Waals surface area contributed by atoms with E-state index in [-0.39, 0.29) is 40.4 Å². The number of nitrogens with one attached hydrogen (secondary N) is 1. The van der Waals surface area contributed by atoms with Gasteiger partial charge in [-0.1, -0.05) is 23.7 Å². The Morgan fingerprint density at radius 2 is 1.79 bits per heavy atom. The molecule has 38 heavy (non-hydrogen) atoms. The molecule has 0 radical (unpaired) electrons. The molecule has 200 valence electrons. The van der Waals surface area contributed by atoms with Crippen molar-refractivity contribution in [1.29, 1.82) is 0 Å². The van der Waals surface area contributed by atoms with E-state index in [9.17, 15) is 9.59 Å². The van der Waals surface area contributed by atoms with E-state index >= 15 is 4.39 Å². The first-order valence-corrected chi connectivity index (χ1v) is 13.3. The molecule has 0 aromatic heterocycles. The van der Waals surface area contributed by atoms with Crippen molar-refractivity contribution in [3.05, 3.63) is 80.9 Å². The molecular formula is C30H31ClFNO5. The molecule has 1 heterocycles. The number of methoxy groups -OCH3 is 2. The van der Waals surface area contributed by atoms with Gasteiger partial charge in [-0.15, -0.1) is 0 Å². The summed E-state index contributed by atoms with van der Waals surface area (Å²) in [4.78, 5) is 27.3. The quantitative estimate of drug-likeness (QED) is 0.432. The lowest BCUT2D eigenvalue weighted by molar-refractivity contribution is -0.144. The predicted octanol–water partition coefficient (Wildman–Crippen LogP) is 6.34. The number of allylic oxidation sites excluding steroid dienone is 3. The van der Waals surface area contributed by atoms with Gasteiger partial charge in [-0.05, 0) is 74.8 Å². The highest BCUT2D eigenvalue weighted by molar-refractivity contribution is 6.31. The number of carbonyl (C=O) groups excluding carboxylic acids is 2. The molecule has 2 unspecified atom stereocenters. The summed E-state index contributed by atoms with van der Waals surface area (Å²) >= 11 is 6.52. The highest BCUT2D eigenvalue weighted by Gasteiger charge is 2.43. The van der Waals surface area contributed by atoms with Crippen molar-refractivity contribution in [2.24, 2.45) is 0 Å². The first-order valence-electron chi connectivity index (χ1n) is 12.9. The normalized spacial score (nSPS) is 21.8. The molecule has 3 aliphatic rings. The summed E-state index contributed by atoms with van der Waals surface area (Å²) in [6.45, 7) is 1.77. The minimum absolute atomic E-state index is 0.124. The molecule has 2 aromatic rings. The second kappa shape index (κ2) is 10.8. The number of carbonyl (C=O) groups is 2. The van der Waals surface area contributed by atoms with Crippen LogP contribution < -0.4 is 14.8 Å². The highest BCUT2D eigenvalue weighted by atomic mass is 35.5. The Bertz CT molecular complexity index is 1320. The van der Waals surface area contributed by atoms with Crippen LogP contribution in [0.5, 0.6) is 11.5 Å². The van der Waals surface area contributed by atoms with Crippen LogP contribution in [-0.2, 0) is 14.3 Å². The smallest absolute Gasteiger partial charge is 0.337 e. The molecule has 1 saturated carbocycles. The molecule has 1 aliphatic heterocycles. The van der Waals surface area contributed by atoms with Gasteiger partial charge in [0.15, 0.2) is 17.3 Å². The molecule has 0 bridgehead atoms. The van der Waals surface area contributed by atoms with E-state index < -0.39 is 17.7 Å². The van der Waals surface area contributed by atoms with Crippen LogP contribution in [0.2, 0.25) is 5.02 Å². The molecule has 2 aromatic carbocycles. The molecule has 6 nitrogen and oxygen atoms in total. The fourth-order valence-electron chi connectivity index (χ4n) is 5.95. The van der Waals surface area contributed by atoms with Gasteiger partial charge in [-0.2, -0.15) is 0 Å². The van der Waals surface area contributed by atoms with E-state index in [1.807, 2.05) is 18.2 Å². The molecule has 0 saturated heterocycles. The summed E-state index contributed by atoms with van der Waals surface area (Å²) < 4.78 is 32.0. The maximum Gasteiger partial charge on any atom is 0.337 e. The van der Waals surface area contributed by atoms with Gasteiger partial charge in [0.25, 0.3) is 0 Å². The Balaban J connectivity index is 1.57. The van der Waals surface area contributed by atoms with E-state index in [2.05, 4.69) is 5.32 Å². The molecule has 2 atom stereocenters. The number of benzene rings is 2. The molecule has 0 amide bonds. The van der Waals surface area contributed by atoms with Crippen LogP contribution in [0.25, 0.3) is 0 Å². The van der Waals surface area contributed by atoms with Gasteiger partial charge in [0.1, 0.15) is 11.9 Å². The fraction of sp³-hybridized carbons (Fsp3) is 0.400. The number of halogens is 2. The summed E-state index contributed by atoms with van der Waals surface area (Å²) in [5.74, 6) is -1.16. The van der Waals surface area contributed by atoms with Crippen molar-refractivity contribution in [3.63, 3.8) is 0 Å². The lowest BCUT2D eigenvalue weighted by Crippen LogP contribution is -2.37. The maximum atomic E-state index is 15.3. The van der Waals surface area contributed by atoms with Crippen LogP contribution in [-0.4, -0.2) is 32.1 Å². The Morgan fingerprint density at radius 3 is 2.47 bits per heavy atom. The van der Waals surface area contributed by atoms with Crippen molar-refractivity contribution in [2.75, 3.05) is 14.2 Å². The number of ketones is 1. The second-order valence-electron chi connectivity index (χ2n) is 10.1. The molecule has 0 spiro atoms. The topological polar surface area (TPSA) is 73.9 Å². The Kier molecular flexibility index (Phi) is 7.48. The molecule has 1 fully saturated rings. The van der Waals surface area contributed by atoms with Gasteiger partial charge in [0.05, 0.1) is 25.7 Å². The second-order valence-corrected chi connectivity index (χ2v) is 10.5. The zero-order chi connectivity index (χ0) is 27.0. The lowest BCUT2D eigenvalue weighted by Gasteiger charge is -2.37. The molecular weight excluding hydrogens is 509 g/mol. The van der Waals surface area contributed by atoms with E-state index in [0.29, 0.717) is 34.9 Å². The maximum absolute atomic E-state index is 15.3. The average Bonchev–Trinajstić information content (AvgIpc) is 3.40. The van der Waals surface area contributed by atoms with Crippen molar-refractivity contribution < 1.29 is 28.2 Å². The summed E-state index contributed by atoms with van der Waals surface area (Å²) in [5.41, 5.74) is 2.87. The minimum Gasteiger partial charge on any atom is -0.493 e. The van der Waals surface area contributed by atoms with Gasteiger partial charge in [0, 0.05) is 34.0 Å². The molecule has 2 aliphatic carbocycles. The third-order valence-corrected chi connectivity index (χ3v) is 8.12. The number of hydrogen-bond acceptors (Lipinski definition) is 6. The van der Waals surface area contributed by atoms with Crippen molar-refractivity contribution in [2.45, 2.75) is 63.4 Å². The van der Waals surface area contributed by atoms with Gasteiger partial charge in [-0.25, -0.2) is 9.18 Å². The van der Waals surface area contributed by atoms with Crippen LogP contribution >= 0.6 is 11.6 Å². The fourth-order valence-corrected chi connectivity index (χ4v) is 6.22. The van der Waals surface area contributed by atoms with Gasteiger partial charge in [0.2, 0.25) is 0 Å². The third-order valence-electron chi connectivity index (χ3n) is 7.79. The summed E-state index contributed by atoms with van der Waals surface area (Å²) in [6.07, 6.45) is 4.13. The van der Waals surface area contributed by atoms with Gasteiger partial charge in [-0.3, -0.25) is 4.79 Å². The predicted molar refractivity (Wildman–Crippen MR) is 142 cm³/mol. The lowest BCUT2D eigenvalue weighted by atomic mass is 9.71. The average molecular weight is 540 g/mol. The summed E-state index contributed by atoms with van der Waals surface area (Å²) in [6, 6.07) is 10.0. The molecule has 8 heteroatoms. The van der Waals surface area contributed by atoms with Crippen molar-refractivity contribution in [3.8, 4) is 11.5 Å². The Morgan fingerprint density at radius 1 is 1.05 bits per heavy atom. The van der Waals surface area contributed by atoms with E-state index in [1.54, 1.807) is 27.2 Å². The highest BCUT2D eigenvalue weighted by Crippen LogP contribution is 2.48. The third kappa shape index (κ3) is 4.80. The molecule has 1 N–H and O–H groups in total. The zero-order valence-electron chi connectivity index (χ0n) is 21.7. The van der Waals surface area contributed by atoms with Crippen LogP contribution in [0.15, 0.2) is 58.9 Å². The SMILES string of the molecule is COc1ccc(C2CC(=O)C3=C(C2)NC(C)=C(C(=O)OC2CCCC2)C3c2c(F)cccc2Cl)cc1OC. The number of dihydropyridines is 1. The van der Waals surface area contributed by atoms with Gasteiger partial charge < -0.3 is 19.5 Å². The van der Waals surface area contributed by atoms with E-state index in [0.717, 1.165) is 31.2 Å². The van der Waals surface area contributed by atoms with Gasteiger partial charge >= 0.3 is 5.97 Å². The minimum atomic E-state index is -0.951. The number of esters is 1.